The monoisotopic (exact) mass is 314 g/mol. The van der Waals surface area contributed by atoms with Gasteiger partial charge in [-0.15, -0.1) is 0 Å². The molecule has 0 spiro atoms. The number of hydrogen-bond acceptors (Lipinski definition) is 3. The Bertz CT molecular complexity index is 460. The summed E-state index contributed by atoms with van der Waals surface area (Å²) >= 11 is 3.36. The Labute approximate surface area is 114 Å². The molecule has 0 fully saturated rings. The third-order valence-electron chi connectivity index (χ3n) is 2.43. The van der Waals surface area contributed by atoms with Crippen LogP contribution in [0, 0.1) is 15.5 Å². The largest absolute Gasteiger partial charge is 0.351 e. The maximum atomic E-state index is 11.9. The molecule has 0 aliphatic heterocycles. The number of nitrogens with zero attached hydrogens (tertiary/aromatic N) is 1. The van der Waals surface area contributed by atoms with Gasteiger partial charge in [0.15, 0.2) is 0 Å². The molecule has 1 aromatic carbocycles. The standard InChI is InChI=1S/C12H15BrN2O3/c1-12(2,7-13)8-14-11(16)9-5-3-4-6-10(9)15(17)18/h3-6H,7-8H2,1-2H3,(H,14,16). The first kappa shape index (κ1) is 14.6. The van der Waals surface area contributed by atoms with Gasteiger partial charge in [0.05, 0.1) is 4.92 Å². The Morgan fingerprint density at radius 1 is 1.44 bits per heavy atom. The fourth-order valence-corrected chi connectivity index (χ4v) is 1.49. The fraction of sp³-hybridized carbons (Fsp3) is 0.417. The number of amides is 1. The molecule has 1 rings (SSSR count). The van der Waals surface area contributed by atoms with Crippen LogP contribution < -0.4 is 5.32 Å². The molecule has 0 aliphatic rings. The van der Waals surface area contributed by atoms with Crippen molar-refractivity contribution in [2.75, 3.05) is 11.9 Å². The van der Waals surface area contributed by atoms with E-state index in [9.17, 15) is 14.9 Å². The van der Waals surface area contributed by atoms with Crippen LogP contribution in [-0.2, 0) is 0 Å². The summed E-state index contributed by atoms with van der Waals surface area (Å²) in [6, 6.07) is 5.92. The van der Waals surface area contributed by atoms with E-state index in [1.165, 1.54) is 18.2 Å². The zero-order valence-electron chi connectivity index (χ0n) is 10.3. The van der Waals surface area contributed by atoms with Gasteiger partial charge in [-0.25, -0.2) is 0 Å². The zero-order valence-corrected chi connectivity index (χ0v) is 11.9. The second kappa shape index (κ2) is 5.95. The normalized spacial score (nSPS) is 11.1. The predicted molar refractivity (Wildman–Crippen MR) is 73.0 cm³/mol. The number of nitrogens with one attached hydrogen (secondary N) is 1. The van der Waals surface area contributed by atoms with E-state index in [0.29, 0.717) is 6.54 Å². The average Bonchev–Trinajstić information content (AvgIpc) is 2.36. The summed E-state index contributed by atoms with van der Waals surface area (Å²) in [4.78, 5) is 22.2. The van der Waals surface area contributed by atoms with Gasteiger partial charge in [0.2, 0.25) is 0 Å². The number of halogens is 1. The summed E-state index contributed by atoms with van der Waals surface area (Å²) in [5, 5.41) is 14.2. The third kappa shape index (κ3) is 3.80. The van der Waals surface area contributed by atoms with E-state index < -0.39 is 10.8 Å². The van der Waals surface area contributed by atoms with Crippen molar-refractivity contribution in [1.82, 2.24) is 5.32 Å². The summed E-state index contributed by atoms with van der Waals surface area (Å²) in [7, 11) is 0. The van der Waals surface area contributed by atoms with Crippen LogP contribution in [0.2, 0.25) is 0 Å². The van der Waals surface area contributed by atoms with Gasteiger partial charge in [0, 0.05) is 17.9 Å². The lowest BCUT2D eigenvalue weighted by Gasteiger charge is -2.21. The molecule has 0 aliphatic carbocycles. The van der Waals surface area contributed by atoms with Crippen molar-refractivity contribution in [3.8, 4) is 0 Å². The molecule has 1 N–H and O–H groups in total. The highest BCUT2D eigenvalue weighted by Crippen LogP contribution is 2.19. The van der Waals surface area contributed by atoms with Crippen molar-refractivity contribution in [1.29, 1.82) is 0 Å². The molecule has 0 unspecified atom stereocenters. The average molecular weight is 315 g/mol. The molecule has 0 radical (unpaired) electrons. The summed E-state index contributed by atoms with van der Waals surface area (Å²) in [5.41, 5.74) is -0.182. The van der Waals surface area contributed by atoms with Crippen molar-refractivity contribution in [2.45, 2.75) is 13.8 Å². The van der Waals surface area contributed by atoms with E-state index in [0.717, 1.165) is 5.33 Å². The van der Waals surface area contributed by atoms with Gasteiger partial charge in [0.25, 0.3) is 11.6 Å². The number of carbonyl (C=O) groups excluding carboxylic acids is 1. The number of nitro benzene ring substituents is 1. The highest BCUT2D eigenvalue weighted by molar-refractivity contribution is 9.09. The molecular weight excluding hydrogens is 300 g/mol. The van der Waals surface area contributed by atoms with Crippen molar-refractivity contribution in [2.24, 2.45) is 5.41 Å². The molecule has 1 aromatic rings. The molecule has 98 valence electrons. The fourth-order valence-electron chi connectivity index (χ4n) is 1.29. The Hall–Kier alpha value is -1.43. The predicted octanol–water partition coefficient (Wildman–Crippen LogP) is 2.75. The topological polar surface area (TPSA) is 72.2 Å². The van der Waals surface area contributed by atoms with Gasteiger partial charge in [-0.05, 0) is 11.5 Å². The van der Waals surface area contributed by atoms with E-state index in [-0.39, 0.29) is 16.7 Å². The highest BCUT2D eigenvalue weighted by Gasteiger charge is 2.22. The second-order valence-corrected chi connectivity index (χ2v) is 5.32. The van der Waals surface area contributed by atoms with E-state index >= 15 is 0 Å². The number of para-hydroxylation sites is 1. The van der Waals surface area contributed by atoms with E-state index in [1.807, 2.05) is 13.8 Å². The van der Waals surface area contributed by atoms with Gasteiger partial charge in [-0.2, -0.15) is 0 Å². The molecular formula is C12H15BrN2O3. The minimum atomic E-state index is -0.551. The second-order valence-electron chi connectivity index (χ2n) is 4.75. The van der Waals surface area contributed by atoms with Crippen molar-refractivity contribution >= 4 is 27.5 Å². The SMILES string of the molecule is CC(C)(CBr)CNC(=O)c1ccccc1[N+](=O)[O-]. The maximum absolute atomic E-state index is 11.9. The number of carbonyl (C=O) groups is 1. The van der Waals surface area contributed by atoms with Crippen LogP contribution in [0.25, 0.3) is 0 Å². The molecule has 0 atom stereocenters. The molecule has 18 heavy (non-hydrogen) atoms. The van der Waals surface area contributed by atoms with Crippen LogP contribution >= 0.6 is 15.9 Å². The summed E-state index contributed by atoms with van der Waals surface area (Å²) in [6.45, 7) is 4.42. The van der Waals surface area contributed by atoms with Crippen molar-refractivity contribution in [3.05, 3.63) is 39.9 Å². The molecule has 1 amide bonds. The van der Waals surface area contributed by atoms with Crippen molar-refractivity contribution in [3.63, 3.8) is 0 Å². The summed E-state index contributed by atoms with van der Waals surface area (Å²) in [5.74, 6) is -0.420. The Morgan fingerprint density at radius 3 is 2.61 bits per heavy atom. The molecule has 6 heteroatoms. The molecule has 0 aromatic heterocycles. The lowest BCUT2D eigenvalue weighted by Crippen LogP contribution is -2.35. The van der Waals surface area contributed by atoms with Gasteiger partial charge < -0.3 is 5.32 Å². The van der Waals surface area contributed by atoms with Crippen LogP contribution in [0.1, 0.15) is 24.2 Å². The van der Waals surface area contributed by atoms with Gasteiger partial charge >= 0.3 is 0 Å². The van der Waals surface area contributed by atoms with Crippen LogP contribution in [0.4, 0.5) is 5.69 Å². The Balaban J connectivity index is 2.82. The van der Waals surface area contributed by atoms with E-state index in [4.69, 9.17) is 0 Å². The Morgan fingerprint density at radius 2 is 2.06 bits per heavy atom. The minimum Gasteiger partial charge on any atom is -0.351 e. The Kier molecular flexibility index (Phi) is 4.84. The molecule has 0 heterocycles. The first-order valence-electron chi connectivity index (χ1n) is 5.45. The maximum Gasteiger partial charge on any atom is 0.282 e. The van der Waals surface area contributed by atoms with Crippen LogP contribution in [0.3, 0.4) is 0 Å². The van der Waals surface area contributed by atoms with Gasteiger partial charge in [-0.3, -0.25) is 14.9 Å². The molecule has 0 saturated carbocycles. The van der Waals surface area contributed by atoms with Gasteiger partial charge in [0.1, 0.15) is 5.56 Å². The lowest BCUT2D eigenvalue weighted by molar-refractivity contribution is -0.385. The smallest absolute Gasteiger partial charge is 0.282 e. The quantitative estimate of drug-likeness (QED) is 0.516. The first-order valence-corrected chi connectivity index (χ1v) is 6.57. The number of nitro groups is 1. The van der Waals surface area contributed by atoms with Crippen LogP contribution in [0.15, 0.2) is 24.3 Å². The number of alkyl halides is 1. The van der Waals surface area contributed by atoms with Crippen LogP contribution in [0.5, 0.6) is 0 Å². The van der Waals surface area contributed by atoms with E-state index in [1.54, 1.807) is 6.07 Å². The molecule has 0 saturated heterocycles. The minimum absolute atomic E-state index is 0.0906. The number of hydrogen-bond donors (Lipinski definition) is 1. The third-order valence-corrected chi connectivity index (χ3v) is 3.95. The highest BCUT2D eigenvalue weighted by atomic mass is 79.9. The molecule has 5 nitrogen and oxygen atoms in total. The first-order chi connectivity index (χ1) is 8.37. The zero-order chi connectivity index (χ0) is 13.8. The summed E-state index contributed by atoms with van der Waals surface area (Å²) < 4.78 is 0. The number of benzene rings is 1. The lowest BCUT2D eigenvalue weighted by atomic mass is 9.96. The van der Waals surface area contributed by atoms with Crippen LogP contribution in [-0.4, -0.2) is 22.7 Å². The van der Waals surface area contributed by atoms with E-state index in [2.05, 4.69) is 21.2 Å². The molecule has 0 bridgehead atoms. The summed E-state index contributed by atoms with van der Waals surface area (Å²) in [6.07, 6.45) is 0. The number of rotatable bonds is 5. The van der Waals surface area contributed by atoms with Crippen molar-refractivity contribution < 1.29 is 9.72 Å². The van der Waals surface area contributed by atoms with Gasteiger partial charge in [-0.1, -0.05) is 41.9 Å².